The first-order valence-electron chi connectivity index (χ1n) is 18.4. The average molecular weight is 824 g/mol. The van der Waals surface area contributed by atoms with Crippen LogP contribution in [-0.4, -0.2) is 95.6 Å². The predicted octanol–water partition coefficient (Wildman–Crippen LogP) is 7.42. The van der Waals surface area contributed by atoms with Crippen molar-refractivity contribution in [2.45, 2.75) is 50.4 Å². The predicted molar refractivity (Wildman–Crippen MR) is 222 cm³/mol. The van der Waals surface area contributed by atoms with Gasteiger partial charge in [-0.1, -0.05) is 24.3 Å². The van der Waals surface area contributed by atoms with Crippen molar-refractivity contribution in [3.05, 3.63) is 71.1 Å². The zero-order valence-electron chi connectivity index (χ0n) is 30.5. The van der Waals surface area contributed by atoms with Crippen molar-refractivity contribution < 1.29 is 9.30 Å². The molecule has 0 spiro atoms. The van der Waals surface area contributed by atoms with Crippen LogP contribution in [0.4, 0.5) is 28.8 Å². The summed E-state index contributed by atoms with van der Waals surface area (Å²) in [6, 6.07) is 13.0. The third kappa shape index (κ3) is 8.24. The Labute approximate surface area is 326 Å². The molecule has 2 aromatic carbocycles. The molecule has 1 unspecified atom stereocenters. The van der Waals surface area contributed by atoms with Crippen molar-refractivity contribution in [1.29, 1.82) is 0 Å². The van der Waals surface area contributed by atoms with Crippen molar-refractivity contribution in [1.82, 2.24) is 30.0 Å². The minimum absolute atomic E-state index is 0. The first-order valence-corrected chi connectivity index (χ1v) is 21.8. The fourth-order valence-corrected chi connectivity index (χ4v) is 9.47. The minimum atomic E-state index is -2.71. The van der Waals surface area contributed by atoms with E-state index in [9.17, 15) is 4.57 Å². The van der Waals surface area contributed by atoms with E-state index in [-0.39, 0.29) is 24.7 Å². The first-order chi connectivity index (χ1) is 25.2. The molecule has 282 valence electrons. The molecular formula is C38H49BrClN10O2P. The molecule has 2 aromatic heterocycles. The fourth-order valence-electron chi connectivity index (χ4n) is 7.73. The van der Waals surface area contributed by atoms with Gasteiger partial charge in [-0.15, -0.1) is 12.4 Å². The number of nitrogens with zero attached hydrogens (tertiary/aromatic N) is 7. The highest BCUT2D eigenvalue weighted by Crippen LogP contribution is 2.50. The molecule has 8 rings (SSSR count). The summed E-state index contributed by atoms with van der Waals surface area (Å²) in [5.41, 5.74) is 6.07. The Balaban J connectivity index is 0.00000435. The molecule has 0 bridgehead atoms. The quantitative estimate of drug-likeness (QED) is 0.139. The van der Waals surface area contributed by atoms with Gasteiger partial charge < -0.3 is 30.2 Å². The van der Waals surface area contributed by atoms with Crippen LogP contribution in [0.3, 0.4) is 0 Å². The molecule has 4 aliphatic rings. The number of piperidine rings is 1. The van der Waals surface area contributed by atoms with Crippen LogP contribution >= 0.6 is 35.6 Å². The first kappa shape index (κ1) is 37.7. The number of benzene rings is 2. The van der Waals surface area contributed by atoms with Crippen LogP contribution in [0.2, 0.25) is 0 Å². The number of nitrogens with one attached hydrogen (secondary N) is 3. The standard InChI is InChI=1S/C38H48BrN10O2P.ClH/c1-46-25-27(23-42-46)30-21-32(35(51-29-8-6-9-29)22-34(30)48-17-13-28(14-18-48)47-19-15-40-16-20-47)43-38-41-24-31(39)37(45-38)44-36-12-11-26-7-4-5-10-33(26)49(36)52(2,3)50;/h4-5,7,10-12,21-25,28-29,36,40H,6,8-9,13-20H2,1-3H3,(H2,41,43,44,45);1H. The van der Waals surface area contributed by atoms with Gasteiger partial charge in [-0.05, 0) is 71.8 Å². The molecule has 0 amide bonds. The Bertz CT molecular complexity index is 1990. The van der Waals surface area contributed by atoms with Crippen molar-refractivity contribution in [2.75, 3.05) is 72.8 Å². The van der Waals surface area contributed by atoms with Crippen LogP contribution in [0.1, 0.15) is 37.7 Å². The van der Waals surface area contributed by atoms with Crippen LogP contribution in [0.5, 0.6) is 5.75 Å². The molecule has 1 saturated carbocycles. The number of aromatic nitrogens is 4. The maximum Gasteiger partial charge on any atom is 0.229 e. The second-order valence-corrected chi connectivity index (χ2v) is 18.5. The van der Waals surface area contributed by atoms with E-state index in [0.29, 0.717) is 22.3 Å². The highest BCUT2D eigenvalue weighted by molar-refractivity contribution is 9.10. The maximum atomic E-state index is 13.6. The zero-order chi connectivity index (χ0) is 35.8. The number of halogens is 2. The summed E-state index contributed by atoms with van der Waals surface area (Å²) >= 11 is 3.66. The molecule has 1 atom stereocenters. The van der Waals surface area contributed by atoms with Crippen LogP contribution in [0.15, 0.2) is 65.5 Å². The second-order valence-electron chi connectivity index (χ2n) is 14.6. The largest absolute Gasteiger partial charge is 0.488 e. The minimum Gasteiger partial charge on any atom is -0.488 e. The molecule has 4 aromatic rings. The highest BCUT2D eigenvalue weighted by atomic mass is 79.9. The summed E-state index contributed by atoms with van der Waals surface area (Å²) in [6.45, 7) is 9.97. The number of hydrogen-bond donors (Lipinski definition) is 3. The Hall–Kier alpha value is -3.61. The van der Waals surface area contributed by atoms with Crippen LogP contribution in [0, 0.1) is 0 Å². The SMILES string of the molecule is Cl.Cn1cc(-c2cc(Nc3ncc(Br)c(NC4C=Cc5ccccc5N4P(C)(C)=O)n3)c(OC3CCC3)cc2N2CCC(N3CCNCC3)CC2)cn1. The van der Waals surface area contributed by atoms with E-state index in [4.69, 9.17) is 9.72 Å². The van der Waals surface area contributed by atoms with Crippen LogP contribution < -0.4 is 30.3 Å². The Morgan fingerprint density at radius 2 is 1.77 bits per heavy atom. The molecular weight excluding hydrogens is 775 g/mol. The normalized spacial score (nSPS) is 19.7. The number of ether oxygens (including phenoxy) is 1. The van der Waals surface area contributed by atoms with Gasteiger partial charge in [0.1, 0.15) is 17.7 Å². The number of hydrogen-bond acceptors (Lipinski definition) is 10. The number of piperazine rings is 1. The summed E-state index contributed by atoms with van der Waals surface area (Å²) in [4.78, 5) is 14.8. The van der Waals surface area contributed by atoms with Gasteiger partial charge in [-0.3, -0.25) is 14.3 Å². The summed E-state index contributed by atoms with van der Waals surface area (Å²) < 4.78 is 24.8. The molecule has 0 radical (unpaired) electrons. The van der Waals surface area contributed by atoms with E-state index in [1.54, 1.807) is 19.5 Å². The summed E-state index contributed by atoms with van der Waals surface area (Å²) in [5, 5.41) is 15.1. The average Bonchev–Trinajstić information content (AvgIpc) is 3.57. The lowest BCUT2D eigenvalue weighted by atomic mass is 9.95. The number of fused-ring (bicyclic) bond motifs is 1. The van der Waals surface area contributed by atoms with Gasteiger partial charge >= 0.3 is 0 Å². The summed E-state index contributed by atoms with van der Waals surface area (Å²) in [6.07, 6.45) is 15.2. The zero-order valence-corrected chi connectivity index (χ0v) is 33.8. The van der Waals surface area contributed by atoms with E-state index in [1.165, 1.54) is 12.1 Å². The van der Waals surface area contributed by atoms with Crippen LogP contribution in [0.25, 0.3) is 17.2 Å². The smallest absolute Gasteiger partial charge is 0.229 e. The van der Waals surface area contributed by atoms with Crippen molar-refractivity contribution in [3.8, 4) is 16.9 Å². The van der Waals surface area contributed by atoms with Crippen molar-refractivity contribution in [2.24, 2.45) is 7.05 Å². The lowest BCUT2D eigenvalue weighted by molar-refractivity contribution is 0.121. The number of anilines is 5. The molecule has 12 nitrogen and oxygen atoms in total. The van der Waals surface area contributed by atoms with Gasteiger partial charge in [0.15, 0.2) is 7.29 Å². The number of para-hydroxylation sites is 1. The van der Waals surface area contributed by atoms with Gasteiger partial charge in [-0.2, -0.15) is 10.1 Å². The van der Waals surface area contributed by atoms with Gasteiger partial charge in [0, 0.05) is 101 Å². The van der Waals surface area contributed by atoms with E-state index in [2.05, 4.69) is 76.2 Å². The Morgan fingerprint density at radius 3 is 2.47 bits per heavy atom. The Kier molecular flexibility index (Phi) is 11.4. The summed E-state index contributed by atoms with van der Waals surface area (Å²) in [5.74, 6) is 1.81. The van der Waals surface area contributed by atoms with Crippen LogP contribution in [-0.2, 0) is 11.6 Å². The van der Waals surface area contributed by atoms with E-state index in [1.807, 2.05) is 52.9 Å². The van der Waals surface area contributed by atoms with E-state index < -0.39 is 7.29 Å². The fraction of sp³-hybridized carbons (Fsp3) is 0.447. The van der Waals surface area contributed by atoms with Gasteiger partial charge in [0.25, 0.3) is 0 Å². The molecule has 3 N–H and O–H groups in total. The van der Waals surface area contributed by atoms with Gasteiger partial charge in [-0.25, -0.2) is 4.98 Å². The Morgan fingerprint density at radius 1 is 1.00 bits per heavy atom. The molecule has 5 heterocycles. The van der Waals surface area contributed by atoms with Gasteiger partial charge in [0.05, 0.1) is 28.1 Å². The molecule has 3 aliphatic heterocycles. The van der Waals surface area contributed by atoms with Crippen molar-refractivity contribution in [3.63, 3.8) is 0 Å². The lowest BCUT2D eigenvalue weighted by Crippen LogP contribution is -2.52. The topological polar surface area (TPSA) is 116 Å². The highest BCUT2D eigenvalue weighted by Gasteiger charge is 2.32. The number of aryl methyl sites for hydroxylation is 1. The molecule has 15 heteroatoms. The summed E-state index contributed by atoms with van der Waals surface area (Å²) in [7, 11) is -0.759. The van der Waals surface area contributed by atoms with Crippen molar-refractivity contribution >= 4 is 70.5 Å². The van der Waals surface area contributed by atoms with Gasteiger partial charge in [0.2, 0.25) is 5.95 Å². The lowest BCUT2D eigenvalue weighted by Gasteiger charge is -2.41. The number of rotatable bonds is 10. The van der Waals surface area contributed by atoms with E-state index in [0.717, 1.165) is 98.8 Å². The second kappa shape index (κ2) is 16.0. The maximum absolute atomic E-state index is 13.6. The molecule has 2 saturated heterocycles. The molecule has 1 aliphatic carbocycles. The van der Waals surface area contributed by atoms with E-state index >= 15 is 0 Å². The third-order valence-electron chi connectivity index (χ3n) is 10.6. The molecule has 3 fully saturated rings. The monoisotopic (exact) mass is 822 g/mol. The third-order valence-corrected chi connectivity index (χ3v) is 12.7. The molecule has 53 heavy (non-hydrogen) atoms.